The van der Waals surface area contributed by atoms with Gasteiger partial charge in [-0.15, -0.1) is 0 Å². The molecule has 1 amide bonds. The number of amides is 1. The Morgan fingerprint density at radius 3 is 1.49 bits per heavy atom. The molecule has 37 heavy (non-hydrogen) atoms. The highest BCUT2D eigenvalue weighted by Crippen LogP contribution is 2.24. The molecule has 0 bridgehead atoms. The van der Waals surface area contributed by atoms with Gasteiger partial charge in [-0.25, -0.2) is 0 Å². The summed E-state index contributed by atoms with van der Waals surface area (Å²) >= 11 is 0. The van der Waals surface area contributed by atoms with Gasteiger partial charge in [0.05, 0.1) is 0 Å². The summed E-state index contributed by atoms with van der Waals surface area (Å²) < 4.78 is 0. The summed E-state index contributed by atoms with van der Waals surface area (Å²) in [6, 6.07) is 25.8. The van der Waals surface area contributed by atoms with Gasteiger partial charge in [-0.1, -0.05) is 121 Å². The lowest BCUT2D eigenvalue weighted by atomic mass is 10.0. The monoisotopic (exact) mass is 501 g/mol. The smallest absolute Gasteiger partial charge is 0.226 e. The molecule has 0 spiro atoms. The minimum Gasteiger partial charge on any atom is -0.312 e. The maximum absolute atomic E-state index is 11.8. The Bertz CT molecular complexity index is 996. The zero-order valence-electron chi connectivity index (χ0n) is 23.8. The Morgan fingerprint density at radius 2 is 1.08 bits per heavy atom. The zero-order chi connectivity index (χ0) is 26.7. The van der Waals surface area contributed by atoms with E-state index in [9.17, 15) is 4.79 Å². The molecular weight excluding hydrogens is 450 g/mol. The van der Waals surface area contributed by atoms with Crippen molar-refractivity contribution < 1.29 is 4.79 Å². The van der Waals surface area contributed by atoms with Crippen molar-refractivity contribution in [3.8, 4) is 0 Å². The number of anilines is 1. The third kappa shape index (κ3) is 11.0. The van der Waals surface area contributed by atoms with E-state index in [1.54, 1.807) is 0 Å². The van der Waals surface area contributed by atoms with Crippen LogP contribution < -0.4 is 4.90 Å². The molecule has 4 rings (SSSR count). The molecule has 1 saturated heterocycles. The van der Waals surface area contributed by atoms with Crippen LogP contribution in [-0.4, -0.2) is 12.5 Å². The fourth-order valence-electron chi connectivity index (χ4n) is 4.03. The molecule has 1 fully saturated rings. The topological polar surface area (TPSA) is 20.3 Å². The lowest BCUT2D eigenvalue weighted by Gasteiger charge is -2.27. The maximum atomic E-state index is 11.8. The summed E-state index contributed by atoms with van der Waals surface area (Å²) in [7, 11) is 0. The highest BCUT2D eigenvalue weighted by atomic mass is 16.2. The summed E-state index contributed by atoms with van der Waals surface area (Å²) in [6.45, 7) is 18.3. The van der Waals surface area contributed by atoms with Crippen molar-refractivity contribution >= 4 is 11.6 Å². The number of carbonyl (C=O) groups is 1. The van der Waals surface area contributed by atoms with Crippen LogP contribution in [0.3, 0.4) is 0 Å². The van der Waals surface area contributed by atoms with Crippen LogP contribution in [0, 0.1) is 13.8 Å². The number of hydrogen-bond donors (Lipinski definition) is 0. The molecular formula is C35H51NO. The van der Waals surface area contributed by atoms with Gasteiger partial charge in [-0.3, -0.25) is 4.79 Å². The van der Waals surface area contributed by atoms with Gasteiger partial charge in [-0.2, -0.15) is 0 Å². The first-order chi connectivity index (χ1) is 17.1. The lowest BCUT2D eigenvalue weighted by molar-refractivity contribution is -0.119. The second-order valence-corrected chi connectivity index (χ2v) is 10.9. The van der Waals surface area contributed by atoms with Gasteiger partial charge in [0, 0.05) is 18.7 Å². The van der Waals surface area contributed by atoms with E-state index in [0.717, 1.165) is 25.1 Å². The predicted molar refractivity (Wildman–Crippen MR) is 164 cm³/mol. The average molecular weight is 502 g/mol. The van der Waals surface area contributed by atoms with Crippen LogP contribution in [0.1, 0.15) is 114 Å². The molecule has 0 saturated carbocycles. The molecule has 0 atom stereocenters. The summed E-state index contributed by atoms with van der Waals surface area (Å²) in [5, 5.41) is 0. The third-order valence-corrected chi connectivity index (χ3v) is 6.66. The number of hydrogen-bond acceptors (Lipinski definition) is 1. The molecule has 0 radical (unpaired) electrons. The molecule has 2 nitrogen and oxygen atoms in total. The van der Waals surface area contributed by atoms with E-state index < -0.39 is 0 Å². The lowest BCUT2D eigenvalue weighted by Crippen LogP contribution is -2.35. The van der Waals surface area contributed by atoms with Gasteiger partial charge in [0.2, 0.25) is 5.91 Å². The second-order valence-electron chi connectivity index (χ2n) is 10.9. The second kappa shape index (κ2) is 16.1. The first kappa shape index (κ1) is 32.2. The van der Waals surface area contributed by atoms with E-state index in [1.807, 2.05) is 17.0 Å². The Hall–Kier alpha value is -2.87. The van der Waals surface area contributed by atoms with Gasteiger partial charge >= 0.3 is 0 Å². The number of aryl methyl sites for hydroxylation is 2. The summed E-state index contributed by atoms with van der Waals surface area (Å²) in [4.78, 5) is 13.7. The highest BCUT2D eigenvalue weighted by molar-refractivity contribution is 5.94. The van der Waals surface area contributed by atoms with Crippen LogP contribution in [0.15, 0.2) is 72.8 Å². The van der Waals surface area contributed by atoms with Gasteiger partial charge in [0.15, 0.2) is 0 Å². The van der Waals surface area contributed by atoms with Gasteiger partial charge < -0.3 is 4.90 Å². The molecule has 1 heterocycles. The van der Waals surface area contributed by atoms with E-state index in [4.69, 9.17) is 0 Å². The van der Waals surface area contributed by atoms with E-state index >= 15 is 0 Å². The minimum absolute atomic E-state index is 0. The number of piperidine rings is 1. The van der Waals surface area contributed by atoms with E-state index in [-0.39, 0.29) is 13.3 Å². The fraction of sp³-hybridized carbons (Fsp3) is 0.457. The molecule has 1 aliphatic rings. The first-order valence-electron chi connectivity index (χ1n) is 13.6. The number of carbonyl (C=O) groups excluding carboxylic acids is 1. The zero-order valence-corrected chi connectivity index (χ0v) is 23.8. The first-order valence-corrected chi connectivity index (χ1v) is 13.6. The van der Waals surface area contributed by atoms with Crippen molar-refractivity contribution in [3.05, 3.63) is 101 Å². The molecule has 2 heteroatoms. The van der Waals surface area contributed by atoms with Crippen molar-refractivity contribution in [2.24, 2.45) is 0 Å². The Labute approximate surface area is 228 Å². The van der Waals surface area contributed by atoms with E-state index in [2.05, 4.69) is 116 Å². The molecule has 0 aromatic heterocycles. The maximum Gasteiger partial charge on any atom is 0.226 e. The van der Waals surface area contributed by atoms with Crippen LogP contribution in [0.25, 0.3) is 0 Å². The Kier molecular flexibility index (Phi) is 14.0. The van der Waals surface area contributed by atoms with Gasteiger partial charge in [0.1, 0.15) is 0 Å². The van der Waals surface area contributed by atoms with Crippen molar-refractivity contribution in [1.82, 2.24) is 0 Å². The fourth-order valence-corrected chi connectivity index (χ4v) is 4.03. The van der Waals surface area contributed by atoms with Crippen LogP contribution in [-0.2, 0) is 4.79 Å². The molecule has 3 aromatic carbocycles. The molecule has 0 unspecified atom stereocenters. The normalized spacial score (nSPS) is 12.9. The molecule has 1 aliphatic heterocycles. The third-order valence-electron chi connectivity index (χ3n) is 6.66. The van der Waals surface area contributed by atoms with Crippen LogP contribution in [0.4, 0.5) is 5.69 Å². The van der Waals surface area contributed by atoms with Crippen molar-refractivity contribution in [3.63, 3.8) is 0 Å². The minimum atomic E-state index is 0. The van der Waals surface area contributed by atoms with Crippen molar-refractivity contribution in [2.45, 2.75) is 99.8 Å². The van der Waals surface area contributed by atoms with Crippen LogP contribution >= 0.6 is 0 Å². The van der Waals surface area contributed by atoms with E-state index in [1.165, 1.54) is 27.8 Å². The van der Waals surface area contributed by atoms with Crippen molar-refractivity contribution in [1.29, 1.82) is 0 Å². The van der Waals surface area contributed by atoms with Gasteiger partial charge in [0.25, 0.3) is 0 Å². The van der Waals surface area contributed by atoms with Crippen molar-refractivity contribution in [2.75, 3.05) is 11.4 Å². The Balaban J connectivity index is 0.000000287. The quantitative estimate of drug-likeness (QED) is 0.348. The SMILES string of the molecule is C.CC(C)c1cccc(N2CCCCC2=O)c1.Cc1ccc(C(C)C)cc1.Cc1ccc(C(C)C)cc1. The largest absolute Gasteiger partial charge is 0.312 e. The number of nitrogens with zero attached hydrogens (tertiary/aromatic N) is 1. The number of rotatable bonds is 4. The van der Waals surface area contributed by atoms with Crippen LogP contribution in [0.2, 0.25) is 0 Å². The summed E-state index contributed by atoms with van der Waals surface area (Å²) in [5.41, 5.74) is 7.89. The predicted octanol–water partition coefficient (Wildman–Crippen LogP) is 10.2. The Morgan fingerprint density at radius 1 is 0.622 bits per heavy atom. The summed E-state index contributed by atoms with van der Waals surface area (Å²) in [5.74, 6) is 2.09. The van der Waals surface area contributed by atoms with E-state index in [0.29, 0.717) is 24.2 Å². The molecule has 202 valence electrons. The van der Waals surface area contributed by atoms with Gasteiger partial charge in [-0.05, 0) is 73.3 Å². The van der Waals surface area contributed by atoms with Crippen LogP contribution in [0.5, 0.6) is 0 Å². The highest BCUT2D eigenvalue weighted by Gasteiger charge is 2.19. The summed E-state index contributed by atoms with van der Waals surface area (Å²) in [6.07, 6.45) is 2.86. The average Bonchev–Trinajstić information content (AvgIpc) is 2.86. The molecule has 0 aliphatic carbocycles. The molecule has 3 aromatic rings. The molecule has 0 N–H and O–H groups in total. The number of benzene rings is 3. The standard InChI is InChI=1S/C14H19NO.2C10H14.CH4/c1-11(2)12-6-5-7-13(10-12)15-9-4-3-8-14(15)16;2*1-8(2)10-6-4-9(3)5-7-10;/h5-7,10-11H,3-4,8-9H2,1-2H3;2*4-8H,1-3H3;1H4.